The number of allylic oxidation sites excluding steroid dienone is 3. The predicted octanol–water partition coefficient (Wildman–Crippen LogP) is 4.94. The Balaban J connectivity index is 1.57. The molecule has 0 radical (unpaired) electrons. The summed E-state index contributed by atoms with van der Waals surface area (Å²) in [5.74, 6) is 2.37. The van der Waals surface area contributed by atoms with Crippen LogP contribution in [0.1, 0.15) is 72.6 Å². The van der Waals surface area contributed by atoms with Crippen molar-refractivity contribution >= 4 is 11.9 Å². The average molecular weight is 373 g/mol. The lowest BCUT2D eigenvalue weighted by Gasteiger charge is -2.57. The second-order valence-corrected chi connectivity index (χ2v) is 9.63. The molecular formula is C23H32O4. The van der Waals surface area contributed by atoms with Crippen LogP contribution in [0.2, 0.25) is 0 Å². The van der Waals surface area contributed by atoms with Crippen molar-refractivity contribution in [1.82, 2.24) is 0 Å². The fraction of sp³-hybridized carbons (Fsp3) is 0.739. The van der Waals surface area contributed by atoms with Crippen molar-refractivity contribution in [2.75, 3.05) is 0 Å². The van der Waals surface area contributed by atoms with Crippen LogP contribution in [0.3, 0.4) is 0 Å². The number of carbonyl (C=O) groups is 2. The minimum atomic E-state index is -0.244. The monoisotopic (exact) mass is 372 g/mol. The smallest absolute Gasteiger partial charge is 0.308 e. The van der Waals surface area contributed by atoms with Gasteiger partial charge < -0.3 is 9.47 Å². The second kappa shape index (κ2) is 6.49. The molecule has 27 heavy (non-hydrogen) atoms. The molecule has 0 aromatic carbocycles. The van der Waals surface area contributed by atoms with Crippen LogP contribution in [0.4, 0.5) is 0 Å². The number of ether oxygens (including phenoxy) is 2. The first kappa shape index (κ1) is 18.8. The van der Waals surface area contributed by atoms with E-state index in [4.69, 9.17) is 9.47 Å². The number of hydrogen-bond acceptors (Lipinski definition) is 4. The highest BCUT2D eigenvalue weighted by atomic mass is 16.5. The summed E-state index contributed by atoms with van der Waals surface area (Å²) in [6, 6.07) is 0. The maximum atomic E-state index is 11.6. The van der Waals surface area contributed by atoms with Gasteiger partial charge in [-0.1, -0.05) is 19.4 Å². The molecule has 4 aliphatic carbocycles. The molecule has 4 rings (SSSR count). The minimum Gasteiger partial charge on any atom is -0.462 e. The number of carbonyl (C=O) groups excluding carboxylic acids is 2. The molecule has 0 aliphatic heterocycles. The Hall–Kier alpha value is -1.58. The zero-order chi connectivity index (χ0) is 19.4. The lowest BCUT2D eigenvalue weighted by molar-refractivity contribution is -0.157. The molecule has 0 heterocycles. The van der Waals surface area contributed by atoms with Gasteiger partial charge in [-0.15, -0.1) is 0 Å². The first-order valence-corrected chi connectivity index (χ1v) is 10.5. The van der Waals surface area contributed by atoms with Gasteiger partial charge in [-0.2, -0.15) is 0 Å². The summed E-state index contributed by atoms with van der Waals surface area (Å²) in [7, 11) is 0. The summed E-state index contributed by atoms with van der Waals surface area (Å²) < 4.78 is 11.1. The van der Waals surface area contributed by atoms with E-state index in [1.807, 2.05) is 0 Å². The fourth-order valence-electron chi connectivity index (χ4n) is 6.97. The van der Waals surface area contributed by atoms with E-state index in [0.717, 1.165) is 31.4 Å². The number of rotatable bonds is 2. The molecule has 3 unspecified atom stereocenters. The molecule has 4 nitrogen and oxygen atoms in total. The van der Waals surface area contributed by atoms with Crippen molar-refractivity contribution in [2.24, 2.45) is 28.6 Å². The Morgan fingerprint density at radius 3 is 2.52 bits per heavy atom. The number of fused-ring (bicyclic) bond motifs is 5. The largest absolute Gasteiger partial charge is 0.462 e. The van der Waals surface area contributed by atoms with E-state index in [1.165, 1.54) is 38.7 Å². The number of hydrogen-bond donors (Lipinski definition) is 0. The van der Waals surface area contributed by atoms with E-state index < -0.39 is 0 Å². The van der Waals surface area contributed by atoms with Gasteiger partial charge in [0.25, 0.3) is 0 Å². The van der Waals surface area contributed by atoms with Gasteiger partial charge in [-0.25, -0.2) is 0 Å². The summed E-state index contributed by atoms with van der Waals surface area (Å²) in [4.78, 5) is 22.9. The summed E-state index contributed by atoms with van der Waals surface area (Å²) in [5, 5.41) is 0. The number of esters is 2. The standard InChI is InChI=1S/C23H32O4/c1-14(24)26-17-9-11-22(3)16(13-17)5-6-18-19-7-8-21(27-15(2)25)23(19,4)12-10-20(18)22/h9,13,18-21H,5-8,10-12H2,1-4H3/t18?,19?,20?,21-,22-,23-/m0/s1. The third-order valence-electron chi connectivity index (χ3n) is 8.26. The van der Waals surface area contributed by atoms with Crippen molar-refractivity contribution in [1.29, 1.82) is 0 Å². The van der Waals surface area contributed by atoms with E-state index in [1.54, 1.807) is 0 Å². The molecular weight excluding hydrogens is 340 g/mol. The molecule has 0 aromatic heterocycles. The van der Waals surface area contributed by atoms with Crippen molar-refractivity contribution in [3.05, 3.63) is 23.5 Å². The lowest BCUT2D eigenvalue weighted by atomic mass is 9.48. The van der Waals surface area contributed by atoms with Crippen molar-refractivity contribution in [3.8, 4) is 0 Å². The van der Waals surface area contributed by atoms with Gasteiger partial charge >= 0.3 is 11.9 Å². The minimum absolute atomic E-state index is 0.0903. The Morgan fingerprint density at radius 2 is 1.81 bits per heavy atom. The van der Waals surface area contributed by atoms with Crippen LogP contribution in [-0.4, -0.2) is 18.0 Å². The topological polar surface area (TPSA) is 52.6 Å². The van der Waals surface area contributed by atoms with E-state index >= 15 is 0 Å². The van der Waals surface area contributed by atoms with Gasteiger partial charge in [-0.05, 0) is 80.3 Å². The molecule has 0 bridgehead atoms. The summed E-state index contributed by atoms with van der Waals surface area (Å²) in [5.41, 5.74) is 1.77. The van der Waals surface area contributed by atoms with Gasteiger partial charge in [0.05, 0.1) is 0 Å². The third kappa shape index (κ3) is 2.96. The molecule has 0 N–H and O–H groups in total. The van der Waals surface area contributed by atoms with Gasteiger partial charge in [-0.3, -0.25) is 9.59 Å². The van der Waals surface area contributed by atoms with Gasteiger partial charge in [0.1, 0.15) is 11.9 Å². The quantitative estimate of drug-likeness (QED) is 0.644. The van der Waals surface area contributed by atoms with Crippen LogP contribution >= 0.6 is 0 Å². The van der Waals surface area contributed by atoms with E-state index in [0.29, 0.717) is 17.8 Å². The third-order valence-corrected chi connectivity index (χ3v) is 8.26. The average Bonchev–Trinajstić information content (AvgIpc) is 2.91. The second-order valence-electron chi connectivity index (χ2n) is 9.63. The van der Waals surface area contributed by atoms with Gasteiger partial charge in [0, 0.05) is 19.3 Å². The molecule has 4 aliphatic rings. The Kier molecular flexibility index (Phi) is 4.51. The Bertz CT molecular complexity index is 720. The first-order chi connectivity index (χ1) is 12.7. The van der Waals surface area contributed by atoms with Crippen LogP contribution in [0, 0.1) is 28.6 Å². The Labute approximate surface area is 162 Å². The molecule has 3 fully saturated rings. The van der Waals surface area contributed by atoms with E-state index in [9.17, 15) is 9.59 Å². The SMILES string of the molecule is CC(=O)OC1=CC[C@@]2(C)C(=C1)CCC1C2CC[C@@]2(C)C1CC[C@@H]2OC(C)=O. The molecule has 0 aromatic rings. The van der Waals surface area contributed by atoms with Crippen LogP contribution < -0.4 is 0 Å². The maximum absolute atomic E-state index is 11.6. The van der Waals surface area contributed by atoms with Crippen molar-refractivity contribution in [2.45, 2.75) is 78.7 Å². The van der Waals surface area contributed by atoms with Crippen LogP contribution in [0.15, 0.2) is 23.5 Å². The summed E-state index contributed by atoms with van der Waals surface area (Å²) in [6.45, 7) is 7.78. The molecule has 148 valence electrons. The lowest BCUT2D eigenvalue weighted by Crippen LogP contribution is -2.51. The van der Waals surface area contributed by atoms with Gasteiger partial charge in [0.2, 0.25) is 0 Å². The van der Waals surface area contributed by atoms with Crippen molar-refractivity contribution in [3.63, 3.8) is 0 Å². The highest BCUT2D eigenvalue weighted by molar-refractivity contribution is 5.68. The van der Waals surface area contributed by atoms with E-state index in [2.05, 4.69) is 26.0 Å². The zero-order valence-electron chi connectivity index (χ0n) is 17.0. The molecule has 0 saturated heterocycles. The molecule has 4 heteroatoms. The normalized spacial score (nSPS) is 42.8. The molecule has 0 spiro atoms. The predicted molar refractivity (Wildman–Crippen MR) is 102 cm³/mol. The first-order valence-electron chi connectivity index (χ1n) is 10.5. The van der Waals surface area contributed by atoms with Crippen LogP contribution in [-0.2, 0) is 19.1 Å². The van der Waals surface area contributed by atoms with E-state index in [-0.39, 0.29) is 28.9 Å². The van der Waals surface area contributed by atoms with Crippen molar-refractivity contribution < 1.29 is 19.1 Å². The maximum Gasteiger partial charge on any atom is 0.308 e. The highest BCUT2D eigenvalue weighted by Gasteiger charge is 2.59. The molecule has 0 amide bonds. The Morgan fingerprint density at radius 1 is 1.04 bits per heavy atom. The molecule has 3 saturated carbocycles. The van der Waals surface area contributed by atoms with Gasteiger partial charge in [0.15, 0.2) is 0 Å². The van der Waals surface area contributed by atoms with Crippen LogP contribution in [0.5, 0.6) is 0 Å². The fourth-order valence-corrected chi connectivity index (χ4v) is 6.97. The summed E-state index contributed by atoms with van der Waals surface area (Å²) >= 11 is 0. The molecule has 6 atom stereocenters. The highest BCUT2D eigenvalue weighted by Crippen LogP contribution is 2.65. The zero-order valence-corrected chi connectivity index (χ0v) is 17.0. The van der Waals surface area contributed by atoms with Crippen LogP contribution in [0.25, 0.3) is 0 Å². The summed E-state index contributed by atoms with van der Waals surface area (Å²) in [6.07, 6.45) is 12.1.